The van der Waals surface area contributed by atoms with Crippen LogP contribution in [-0.2, 0) is 0 Å². The Morgan fingerprint density at radius 3 is 3.04 bits per heavy atom. The average Bonchev–Trinajstić information content (AvgIpc) is 3.08. The molecular formula is C16H18N6O3S. The van der Waals surface area contributed by atoms with Crippen molar-refractivity contribution >= 4 is 34.8 Å². The van der Waals surface area contributed by atoms with Crippen molar-refractivity contribution in [3.8, 4) is 11.5 Å². The summed E-state index contributed by atoms with van der Waals surface area (Å²) >= 11 is 1.44. The number of hydrogen-bond acceptors (Lipinski definition) is 8. The van der Waals surface area contributed by atoms with Gasteiger partial charge in [0.15, 0.2) is 17.1 Å². The Morgan fingerprint density at radius 1 is 1.46 bits per heavy atom. The smallest absolute Gasteiger partial charge is 0.251 e. The predicted molar refractivity (Wildman–Crippen MR) is 98.4 cm³/mol. The van der Waals surface area contributed by atoms with Crippen LogP contribution in [0.2, 0.25) is 0 Å². The minimum Gasteiger partial charge on any atom is -0.504 e. The maximum atomic E-state index is 12.4. The van der Waals surface area contributed by atoms with E-state index in [1.807, 2.05) is 6.92 Å². The van der Waals surface area contributed by atoms with Crippen molar-refractivity contribution in [3.05, 3.63) is 30.1 Å². The van der Waals surface area contributed by atoms with Gasteiger partial charge < -0.3 is 25.9 Å². The minimum atomic E-state index is -0.259. The molecule has 0 saturated heterocycles. The van der Waals surface area contributed by atoms with Crippen molar-refractivity contribution < 1.29 is 14.6 Å². The van der Waals surface area contributed by atoms with Gasteiger partial charge in [-0.2, -0.15) is 4.98 Å². The average molecular weight is 374 g/mol. The Morgan fingerprint density at radius 2 is 2.27 bits per heavy atom. The number of hydrogen-bond donors (Lipinski definition) is 4. The monoisotopic (exact) mass is 374 g/mol. The number of rotatable bonds is 6. The third kappa shape index (κ3) is 3.80. The van der Waals surface area contributed by atoms with E-state index in [9.17, 15) is 9.90 Å². The highest BCUT2D eigenvalue weighted by Gasteiger charge is 2.15. The van der Waals surface area contributed by atoms with Gasteiger partial charge in [0, 0.05) is 17.4 Å². The van der Waals surface area contributed by atoms with Gasteiger partial charge in [0.2, 0.25) is 5.95 Å². The SMILES string of the molecule is COc1cc(C(=O)N[C@H](C)CSc2nc(N)nc3nc[nH]c23)ccc1O. The third-order valence-electron chi connectivity index (χ3n) is 3.56. The number of carbonyl (C=O) groups is 1. The lowest BCUT2D eigenvalue weighted by molar-refractivity contribution is 0.0943. The molecule has 1 atom stereocenters. The summed E-state index contributed by atoms with van der Waals surface area (Å²) in [6.07, 6.45) is 1.53. The van der Waals surface area contributed by atoms with Crippen molar-refractivity contribution in [3.63, 3.8) is 0 Å². The molecule has 0 radical (unpaired) electrons. The summed E-state index contributed by atoms with van der Waals surface area (Å²) < 4.78 is 5.02. The summed E-state index contributed by atoms with van der Waals surface area (Å²) in [6.45, 7) is 1.89. The highest BCUT2D eigenvalue weighted by molar-refractivity contribution is 7.99. The molecule has 26 heavy (non-hydrogen) atoms. The van der Waals surface area contributed by atoms with Gasteiger partial charge in [0.1, 0.15) is 10.5 Å². The molecule has 0 aliphatic rings. The number of nitrogens with two attached hydrogens (primary N) is 1. The molecule has 0 aliphatic carbocycles. The zero-order valence-electron chi connectivity index (χ0n) is 14.2. The first-order valence-electron chi connectivity index (χ1n) is 7.75. The van der Waals surface area contributed by atoms with Crippen LogP contribution >= 0.6 is 11.8 Å². The highest BCUT2D eigenvalue weighted by atomic mass is 32.2. The van der Waals surface area contributed by atoms with Crippen molar-refractivity contribution in [1.29, 1.82) is 0 Å². The zero-order valence-corrected chi connectivity index (χ0v) is 15.0. The number of benzene rings is 1. The molecule has 3 rings (SSSR count). The van der Waals surface area contributed by atoms with Crippen LogP contribution in [0.1, 0.15) is 17.3 Å². The number of thioether (sulfide) groups is 1. The maximum absolute atomic E-state index is 12.4. The summed E-state index contributed by atoms with van der Waals surface area (Å²) in [4.78, 5) is 27.7. The molecule has 0 saturated carbocycles. The number of aromatic nitrogens is 4. The Balaban J connectivity index is 1.64. The fourth-order valence-electron chi connectivity index (χ4n) is 2.30. The molecule has 2 heterocycles. The first-order valence-corrected chi connectivity index (χ1v) is 8.73. The van der Waals surface area contributed by atoms with Crippen molar-refractivity contribution in [2.24, 2.45) is 0 Å². The lowest BCUT2D eigenvalue weighted by atomic mass is 10.2. The number of carbonyl (C=O) groups excluding carboxylic acids is 1. The van der Waals surface area contributed by atoms with Gasteiger partial charge in [0.25, 0.3) is 5.91 Å². The van der Waals surface area contributed by atoms with E-state index < -0.39 is 0 Å². The number of fused-ring (bicyclic) bond motifs is 1. The van der Waals surface area contributed by atoms with E-state index >= 15 is 0 Å². The molecule has 0 fully saturated rings. The van der Waals surface area contributed by atoms with Crippen LogP contribution in [0, 0.1) is 0 Å². The second-order valence-corrected chi connectivity index (χ2v) is 6.57. The van der Waals surface area contributed by atoms with Gasteiger partial charge in [0.05, 0.1) is 13.4 Å². The molecule has 136 valence electrons. The largest absolute Gasteiger partial charge is 0.504 e. The second kappa shape index (κ2) is 7.48. The van der Waals surface area contributed by atoms with Crippen LogP contribution in [0.5, 0.6) is 11.5 Å². The van der Waals surface area contributed by atoms with Gasteiger partial charge in [-0.3, -0.25) is 4.79 Å². The number of methoxy groups -OCH3 is 1. The van der Waals surface area contributed by atoms with Crippen LogP contribution in [0.25, 0.3) is 11.2 Å². The van der Waals surface area contributed by atoms with E-state index in [2.05, 4.69) is 25.3 Å². The van der Waals surface area contributed by atoms with E-state index in [4.69, 9.17) is 10.5 Å². The Bertz CT molecular complexity index is 945. The van der Waals surface area contributed by atoms with Crippen LogP contribution < -0.4 is 15.8 Å². The standard InChI is InChI=1S/C16H18N6O3S/c1-8(20-14(24)9-3-4-10(23)11(5-9)25-2)6-26-15-12-13(19-7-18-12)21-16(17)22-15/h3-5,7-8,23H,6H2,1-2H3,(H,20,24)(H3,17,18,19,21,22)/t8-/m1/s1. The molecule has 3 aromatic rings. The molecule has 0 unspecified atom stereocenters. The number of ether oxygens (including phenoxy) is 1. The molecule has 1 aromatic carbocycles. The molecule has 9 nitrogen and oxygen atoms in total. The van der Waals surface area contributed by atoms with Crippen LogP contribution in [0.15, 0.2) is 29.6 Å². The van der Waals surface area contributed by atoms with Crippen LogP contribution in [0.4, 0.5) is 5.95 Å². The van der Waals surface area contributed by atoms with Crippen LogP contribution in [0.3, 0.4) is 0 Å². The molecule has 0 bridgehead atoms. The lowest BCUT2D eigenvalue weighted by Gasteiger charge is -2.14. The van der Waals surface area contributed by atoms with Crippen LogP contribution in [-0.4, -0.2) is 49.9 Å². The maximum Gasteiger partial charge on any atom is 0.251 e. The van der Waals surface area contributed by atoms with E-state index in [1.54, 1.807) is 0 Å². The first-order chi connectivity index (χ1) is 12.5. The predicted octanol–water partition coefficient (Wildman–Crippen LogP) is 1.56. The van der Waals surface area contributed by atoms with Gasteiger partial charge in [-0.15, -0.1) is 11.8 Å². The number of aromatic hydroxyl groups is 1. The number of nitrogen functional groups attached to an aromatic ring is 1. The lowest BCUT2D eigenvalue weighted by Crippen LogP contribution is -2.34. The van der Waals surface area contributed by atoms with Gasteiger partial charge >= 0.3 is 0 Å². The number of imidazole rings is 1. The van der Waals surface area contributed by atoms with Gasteiger partial charge in [-0.25, -0.2) is 9.97 Å². The molecule has 5 N–H and O–H groups in total. The normalized spacial score (nSPS) is 12.1. The third-order valence-corrected chi connectivity index (χ3v) is 4.79. The number of phenols is 1. The number of H-pyrrole nitrogens is 1. The second-order valence-electron chi connectivity index (χ2n) is 5.56. The summed E-state index contributed by atoms with van der Waals surface area (Å²) in [7, 11) is 1.43. The number of aromatic amines is 1. The van der Waals surface area contributed by atoms with Crippen molar-refractivity contribution in [1.82, 2.24) is 25.3 Å². The van der Waals surface area contributed by atoms with Crippen molar-refractivity contribution in [2.45, 2.75) is 18.0 Å². The van der Waals surface area contributed by atoms with E-state index in [-0.39, 0.29) is 29.4 Å². The number of nitrogens with zero attached hydrogens (tertiary/aromatic N) is 3. The first kappa shape index (κ1) is 17.8. The zero-order chi connectivity index (χ0) is 18.7. The summed E-state index contributed by atoms with van der Waals surface area (Å²) in [5.74, 6) is 0.701. The summed E-state index contributed by atoms with van der Waals surface area (Å²) in [5.41, 5.74) is 7.32. The minimum absolute atomic E-state index is 0.0161. The number of anilines is 1. The van der Waals surface area contributed by atoms with Gasteiger partial charge in [-0.05, 0) is 25.1 Å². The quantitative estimate of drug-likeness (QED) is 0.376. The van der Waals surface area contributed by atoms with Crippen molar-refractivity contribution in [2.75, 3.05) is 18.6 Å². The van der Waals surface area contributed by atoms with E-state index in [1.165, 1.54) is 43.4 Å². The Labute approximate surface area is 153 Å². The van der Waals surface area contributed by atoms with E-state index in [0.29, 0.717) is 27.5 Å². The number of amides is 1. The van der Waals surface area contributed by atoms with E-state index in [0.717, 1.165) is 0 Å². The Hall–Kier alpha value is -3.01. The summed E-state index contributed by atoms with van der Waals surface area (Å²) in [6, 6.07) is 4.31. The topological polar surface area (TPSA) is 139 Å². The number of phenolic OH excluding ortho intramolecular Hbond substituents is 1. The summed E-state index contributed by atoms with van der Waals surface area (Å²) in [5, 5.41) is 13.2. The molecule has 0 spiro atoms. The highest BCUT2D eigenvalue weighted by Crippen LogP contribution is 2.27. The number of nitrogens with one attached hydrogen (secondary N) is 2. The molecule has 10 heteroatoms. The molecule has 2 aromatic heterocycles. The Kier molecular flexibility index (Phi) is 5.12. The molecular weight excluding hydrogens is 356 g/mol. The fourth-order valence-corrected chi connectivity index (χ4v) is 3.24. The molecule has 0 aliphatic heterocycles. The fraction of sp³-hybridized carbons (Fsp3) is 0.250. The molecule has 1 amide bonds. The van der Waals surface area contributed by atoms with Gasteiger partial charge in [-0.1, -0.05) is 0 Å².